The van der Waals surface area contributed by atoms with E-state index in [0.29, 0.717) is 0 Å². The van der Waals surface area contributed by atoms with Crippen LogP contribution in [0.25, 0.3) is 0 Å². The Hall–Kier alpha value is -0.890. The molecule has 0 unspecified atom stereocenters. The minimum absolute atomic E-state index is 0.111. The Bertz CT molecular complexity index is 236. The third-order valence-corrected chi connectivity index (χ3v) is 2.12. The normalized spacial score (nSPS) is 10.2. The van der Waals surface area contributed by atoms with Crippen LogP contribution in [0.2, 0.25) is 0 Å². The van der Waals surface area contributed by atoms with E-state index in [-0.39, 0.29) is 6.61 Å². The summed E-state index contributed by atoms with van der Waals surface area (Å²) < 4.78 is 0. The summed E-state index contributed by atoms with van der Waals surface area (Å²) in [4.78, 5) is 4.22. The highest BCUT2D eigenvalue weighted by Gasteiger charge is 2.04. The zero-order chi connectivity index (χ0) is 8.97. The van der Waals surface area contributed by atoms with Crippen LogP contribution in [0.1, 0.15) is 30.7 Å². The van der Waals surface area contributed by atoms with Crippen molar-refractivity contribution < 1.29 is 5.11 Å². The van der Waals surface area contributed by atoms with Gasteiger partial charge in [0, 0.05) is 17.5 Å². The Balaban J connectivity index is 3.13. The van der Waals surface area contributed by atoms with Crippen LogP contribution in [-0.2, 0) is 19.4 Å². The number of pyridine rings is 1. The van der Waals surface area contributed by atoms with Crippen molar-refractivity contribution in [2.45, 2.75) is 33.3 Å². The lowest BCUT2D eigenvalue weighted by atomic mass is 10.0. The minimum atomic E-state index is 0.111. The molecule has 66 valence electrons. The predicted molar refractivity (Wildman–Crippen MR) is 48.9 cm³/mol. The highest BCUT2D eigenvalue weighted by Crippen LogP contribution is 2.13. The first kappa shape index (κ1) is 9.20. The lowest BCUT2D eigenvalue weighted by molar-refractivity contribution is 0.279. The number of hydrogen-bond donors (Lipinski definition) is 1. The Labute approximate surface area is 73.3 Å². The van der Waals surface area contributed by atoms with Gasteiger partial charge in [-0.25, -0.2) is 0 Å². The van der Waals surface area contributed by atoms with E-state index < -0.39 is 0 Å². The van der Waals surface area contributed by atoms with Gasteiger partial charge in [0.1, 0.15) is 0 Å². The first-order valence-corrected chi connectivity index (χ1v) is 4.39. The highest BCUT2D eigenvalue weighted by molar-refractivity contribution is 5.29. The van der Waals surface area contributed by atoms with Crippen molar-refractivity contribution in [2.24, 2.45) is 0 Å². The van der Waals surface area contributed by atoms with Crippen molar-refractivity contribution in [1.29, 1.82) is 0 Å². The Morgan fingerprint density at radius 2 is 2.08 bits per heavy atom. The van der Waals surface area contributed by atoms with Gasteiger partial charge in [0.15, 0.2) is 0 Å². The van der Waals surface area contributed by atoms with E-state index in [1.54, 1.807) is 0 Å². The largest absolute Gasteiger partial charge is 0.392 e. The Kier molecular flexibility index (Phi) is 3.23. The molecular weight excluding hydrogens is 150 g/mol. The zero-order valence-corrected chi connectivity index (χ0v) is 7.67. The summed E-state index contributed by atoms with van der Waals surface area (Å²) in [5, 5.41) is 9.12. The fourth-order valence-electron chi connectivity index (χ4n) is 1.41. The predicted octanol–water partition coefficient (Wildman–Crippen LogP) is 1.70. The summed E-state index contributed by atoms with van der Waals surface area (Å²) in [5.74, 6) is 0. The lowest BCUT2D eigenvalue weighted by Gasteiger charge is -2.08. The van der Waals surface area contributed by atoms with Crippen LogP contribution in [0.5, 0.6) is 0 Å². The van der Waals surface area contributed by atoms with E-state index in [2.05, 4.69) is 18.8 Å². The maximum atomic E-state index is 9.12. The fraction of sp³-hybridized carbons (Fsp3) is 0.500. The monoisotopic (exact) mass is 165 g/mol. The molecule has 1 heterocycles. The Morgan fingerprint density at radius 1 is 1.33 bits per heavy atom. The molecule has 2 heteroatoms. The van der Waals surface area contributed by atoms with E-state index in [9.17, 15) is 0 Å². The smallest absolute Gasteiger partial charge is 0.0702 e. The molecule has 0 aliphatic heterocycles. The standard InChI is InChI=1S/C10H15NO/c1-3-8-5-6-11-10(4-2)9(8)7-12/h5-6,12H,3-4,7H2,1-2H3. The number of hydrogen-bond acceptors (Lipinski definition) is 2. The number of nitrogens with zero attached hydrogens (tertiary/aromatic N) is 1. The molecule has 0 saturated heterocycles. The second-order valence-corrected chi connectivity index (χ2v) is 2.76. The van der Waals surface area contributed by atoms with Gasteiger partial charge in [0.2, 0.25) is 0 Å². The second kappa shape index (κ2) is 4.21. The molecule has 1 rings (SSSR count). The van der Waals surface area contributed by atoms with Crippen LogP contribution < -0.4 is 0 Å². The van der Waals surface area contributed by atoms with E-state index in [1.807, 2.05) is 12.3 Å². The molecule has 12 heavy (non-hydrogen) atoms. The van der Waals surface area contributed by atoms with Crippen molar-refractivity contribution in [1.82, 2.24) is 4.98 Å². The average molecular weight is 165 g/mol. The minimum Gasteiger partial charge on any atom is -0.392 e. The third kappa shape index (κ3) is 1.64. The molecule has 0 amide bonds. The SMILES string of the molecule is CCc1ccnc(CC)c1CO. The number of aliphatic hydroxyl groups excluding tert-OH is 1. The van der Waals surface area contributed by atoms with Gasteiger partial charge in [-0.15, -0.1) is 0 Å². The van der Waals surface area contributed by atoms with E-state index in [4.69, 9.17) is 5.11 Å². The quantitative estimate of drug-likeness (QED) is 0.739. The molecular formula is C10H15NO. The summed E-state index contributed by atoms with van der Waals surface area (Å²) in [6, 6.07) is 1.98. The number of rotatable bonds is 3. The van der Waals surface area contributed by atoms with Gasteiger partial charge in [-0.05, 0) is 24.5 Å². The van der Waals surface area contributed by atoms with Crippen molar-refractivity contribution >= 4 is 0 Å². The van der Waals surface area contributed by atoms with Crippen molar-refractivity contribution in [3.05, 3.63) is 29.1 Å². The molecule has 0 aromatic carbocycles. The maximum Gasteiger partial charge on any atom is 0.0702 e. The summed E-state index contributed by atoms with van der Waals surface area (Å²) in [6.07, 6.45) is 3.67. The van der Waals surface area contributed by atoms with Crippen molar-refractivity contribution in [3.8, 4) is 0 Å². The molecule has 0 bridgehead atoms. The summed E-state index contributed by atoms with van der Waals surface area (Å²) in [5.41, 5.74) is 3.25. The van der Waals surface area contributed by atoms with Crippen molar-refractivity contribution in [2.75, 3.05) is 0 Å². The molecule has 0 radical (unpaired) electrons. The summed E-state index contributed by atoms with van der Waals surface area (Å²) in [6.45, 7) is 4.26. The molecule has 1 N–H and O–H groups in total. The number of aliphatic hydroxyl groups is 1. The molecule has 0 saturated carbocycles. The molecule has 0 atom stereocenters. The molecule has 2 nitrogen and oxygen atoms in total. The molecule has 0 fully saturated rings. The maximum absolute atomic E-state index is 9.12. The van der Waals surface area contributed by atoms with Crippen LogP contribution in [-0.4, -0.2) is 10.1 Å². The topological polar surface area (TPSA) is 33.1 Å². The van der Waals surface area contributed by atoms with Crippen LogP contribution in [0.3, 0.4) is 0 Å². The van der Waals surface area contributed by atoms with Gasteiger partial charge in [-0.3, -0.25) is 4.98 Å². The first-order chi connectivity index (χ1) is 5.83. The van der Waals surface area contributed by atoms with Crippen LogP contribution in [0, 0.1) is 0 Å². The van der Waals surface area contributed by atoms with Crippen LogP contribution in [0.15, 0.2) is 12.3 Å². The van der Waals surface area contributed by atoms with Crippen LogP contribution in [0.4, 0.5) is 0 Å². The lowest BCUT2D eigenvalue weighted by Crippen LogP contribution is -2.00. The zero-order valence-electron chi connectivity index (χ0n) is 7.67. The fourth-order valence-corrected chi connectivity index (χ4v) is 1.41. The molecule has 1 aromatic heterocycles. The van der Waals surface area contributed by atoms with Gasteiger partial charge in [0.05, 0.1) is 6.61 Å². The number of aryl methyl sites for hydroxylation is 2. The van der Waals surface area contributed by atoms with Crippen LogP contribution >= 0.6 is 0 Å². The van der Waals surface area contributed by atoms with Gasteiger partial charge in [-0.2, -0.15) is 0 Å². The van der Waals surface area contributed by atoms with E-state index in [0.717, 1.165) is 24.1 Å². The first-order valence-electron chi connectivity index (χ1n) is 4.39. The Morgan fingerprint density at radius 3 is 2.58 bits per heavy atom. The van der Waals surface area contributed by atoms with Gasteiger partial charge >= 0.3 is 0 Å². The molecule has 0 spiro atoms. The van der Waals surface area contributed by atoms with Gasteiger partial charge < -0.3 is 5.11 Å². The average Bonchev–Trinajstić information content (AvgIpc) is 2.16. The van der Waals surface area contributed by atoms with Gasteiger partial charge in [-0.1, -0.05) is 13.8 Å². The second-order valence-electron chi connectivity index (χ2n) is 2.76. The van der Waals surface area contributed by atoms with Crippen molar-refractivity contribution in [3.63, 3.8) is 0 Å². The summed E-state index contributed by atoms with van der Waals surface area (Å²) in [7, 11) is 0. The molecule has 0 aliphatic rings. The number of aromatic nitrogens is 1. The molecule has 1 aromatic rings. The molecule has 0 aliphatic carbocycles. The summed E-state index contributed by atoms with van der Waals surface area (Å²) >= 11 is 0. The van der Waals surface area contributed by atoms with E-state index >= 15 is 0 Å². The van der Waals surface area contributed by atoms with Gasteiger partial charge in [0.25, 0.3) is 0 Å². The highest BCUT2D eigenvalue weighted by atomic mass is 16.3. The third-order valence-electron chi connectivity index (χ3n) is 2.12. The van der Waals surface area contributed by atoms with E-state index in [1.165, 1.54) is 5.56 Å².